The highest BCUT2D eigenvalue weighted by Crippen LogP contribution is 2.27. The van der Waals surface area contributed by atoms with Crippen molar-refractivity contribution in [3.63, 3.8) is 0 Å². The molecule has 0 aromatic carbocycles. The highest BCUT2D eigenvalue weighted by atomic mass is 32.2. The molecule has 226 valence electrons. The molecular formula is C29H53N3O6S. The van der Waals surface area contributed by atoms with E-state index in [0.29, 0.717) is 25.7 Å². The van der Waals surface area contributed by atoms with E-state index < -0.39 is 41.5 Å². The molecule has 0 fully saturated rings. The van der Waals surface area contributed by atoms with Crippen LogP contribution in [0.4, 0.5) is 0 Å². The minimum atomic E-state index is -1.14. The summed E-state index contributed by atoms with van der Waals surface area (Å²) < 4.78 is 0. The molecule has 0 rings (SSSR count). The zero-order valence-electron chi connectivity index (χ0n) is 25.3. The molecule has 10 heteroatoms. The number of hydrogen-bond donors (Lipinski definition) is 5. The Balaban J connectivity index is 5.81. The molecule has 9 nitrogen and oxygen atoms in total. The summed E-state index contributed by atoms with van der Waals surface area (Å²) in [6.45, 7) is 17.1. The molecule has 0 saturated heterocycles. The van der Waals surface area contributed by atoms with Crippen molar-refractivity contribution in [2.24, 2.45) is 5.92 Å². The first kappa shape index (κ1) is 37.1. The fourth-order valence-electron chi connectivity index (χ4n) is 5.01. The highest BCUT2D eigenvalue weighted by Gasteiger charge is 2.43. The Bertz CT molecular complexity index is 813. The number of carbonyl (C=O) groups is 4. The van der Waals surface area contributed by atoms with Crippen LogP contribution in [0.3, 0.4) is 0 Å². The molecular weight excluding hydrogens is 518 g/mol. The maximum Gasteiger partial charge on any atom is 0.321 e. The molecule has 0 radical (unpaired) electrons. The number of thioether (sulfide) groups is 1. The molecule has 0 aliphatic rings. The summed E-state index contributed by atoms with van der Waals surface area (Å²) in [5.41, 5.74) is -1.46. The number of carbonyl (C=O) groups excluding carboxylic acids is 2. The molecule has 0 heterocycles. The van der Waals surface area contributed by atoms with Crippen LogP contribution in [0.2, 0.25) is 0 Å². The van der Waals surface area contributed by atoms with Crippen molar-refractivity contribution in [1.82, 2.24) is 16.0 Å². The zero-order chi connectivity index (χ0) is 30.4. The van der Waals surface area contributed by atoms with Crippen LogP contribution in [0.25, 0.3) is 0 Å². The van der Waals surface area contributed by atoms with Crippen molar-refractivity contribution < 1.29 is 29.4 Å². The van der Waals surface area contributed by atoms with Crippen LogP contribution in [0.1, 0.15) is 99.8 Å². The van der Waals surface area contributed by atoms with Crippen LogP contribution in [0.5, 0.6) is 0 Å². The third kappa shape index (κ3) is 11.6. The molecule has 5 atom stereocenters. The summed E-state index contributed by atoms with van der Waals surface area (Å²) in [6.07, 6.45) is 6.93. The average Bonchev–Trinajstić information content (AvgIpc) is 2.89. The summed E-state index contributed by atoms with van der Waals surface area (Å²) >= 11 is 1.61. The largest absolute Gasteiger partial charge is 0.481 e. The van der Waals surface area contributed by atoms with Gasteiger partial charge in [0.15, 0.2) is 5.78 Å². The van der Waals surface area contributed by atoms with Gasteiger partial charge in [0.2, 0.25) is 5.91 Å². The molecule has 0 aromatic rings. The van der Waals surface area contributed by atoms with Crippen LogP contribution < -0.4 is 16.0 Å². The van der Waals surface area contributed by atoms with E-state index in [1.807, 2.05) is 53.9 Å². The first-order valence-corrected chi connectivity index (χ1v) is 15.5. The third-order valence-corrected chi connectivity index (χ3v) is 9.20. The normalized spacial score (nSPS) is 16.0. The number of rotatable bonds is 22. The molecule has 0 bridgehead atoms. The minimum Gasteiger partial charge on any atom is -0.481 e. The van der Waals surface area contributed by atoms with Gasteiger partial charge in [-0.05, 0) is 58.1 Å². The van der Waals surface area contributed by atoms with E-state index in [-0.39, 0.29) is 35.3 Å². The van der Waals surface area contributed by atoms with Crippen molar-refractivity contribution in [3.8, 4) is 0 Å². The molecule has 0 aromatic heterocycles. The standard InChI is InChI=1S/C29H53N3O6S/c1-10-20(16-22(11-2)39-9)25(27(37)38)32-29(14-5,15-6)26(36)19(7)30-23(33)17-21(18-24(34)35)31-28(8,12-3)13-4/h11,19-22,25,31-32H,2,10,12-18H2,1,3-9H3,(H,30,33)(H,34,35)(H,37,38). The van der Waals surface area contributed by atoms with Crippen molar-refractivity contribution in [2.45, 2.75) is 134 Å². The Morgan fingerprint density at radius 2 is 1.51 bits per heavy atom. The van der Waals surface area contributed by atoms with E-state index in [4.69, 9.17) is 0 Å². The van der Waals surface area contributed by atoms with Crippen molar-refractivity contribution in [3.05, 3.63) is 12.7 Å². The maximum atomic E-state index is 13.8. The van der Waals surface area contributed by atoms with Gasteiger partial charge >= 0.3 is 11.9 Å². The van der Waals surface area contributed by atoms with Gasteiger partial charge in [0.25, 0.3) is 0 Å². The van der Waals surface area contributed by atoms with Crippen molar-refractivity contribution in [1.29, 1.82) is 0 Å². The lowest BCUT2D eigenvalue weighted by molar-refractivity contribution is -0.143. The minimum absolute atomic E-state index is 0.0918. The van der Waals surface area contributed by atoms with Crippen LogP contribution >= 0.6 is 11.8 Å². The number of Topliss-reactive ketones (excluding diaryl/α,β-unsaturated/α-hetero) is 1. The number of carboxylic acid groups (broad SMARTS) is 2. The topological polar surface area (TPSA) is 145 Å². The number of aliphatic carboxylic acids is 2. The fourth-order valence-corrected chi connectivity index (χ4v) is 5.65. The first-order chi connectivity index (χ1) is 18.2. The number of carboxylic acids is 2. The van der Waals surface area contributed by atoms with Gasteiger partial charge < -0.3 is 20.8 Å². The van der Waals surface area contributed by atoms with Crippen molar-refractivity contribution >= 4 is 35.4 Å². The Morgan fingerprint density at radius 3 is 1.90 bits per heavy atom. The predicted octanol–water partition coefficient (Wildman–Crippen LogP) is 4.40. The monoisotopic (exact) mass is 571 g/mol. The summed E-state index contributed by atoms with van der Waals surface area (Å²) in [5.74, 6) is -2.96. The van der Waals surface area contributed by atoms with Gasteiger partial charge in [-0.15, -0.1) is 6.58 Å². The van der Waals surface area contributed by atoms with E-state index in [0.717, 1.165) is 12.8 Å². The molecule has 0 aliphatic heterocycles. The lowest BCUT2D eigenvalue weighted by Crippen LogP contribution is -2.63. The second kappa shape index (κ2) is 17.7. The number of hydrogen-bond acceptors (Lipinski definition) is 7. The lowest BCUT2D eigenvalue weighted by Gasteiger charge is -2.39. The second-order valence-electron chi connectivity index (χ2n) is 10.7. The number of amides is 1. The van der Waals surface area contributed by atoms with Crippen molar-refractivity contribution in [2.75, 3.05) is 6.26 Å². The second-order valence-corrected chi connectivity index (χ2v) is 11.8. The summed E-state index contributed by atoms with van der Waals surface area (Å²) in [7, 11) is 0. The fraction of sp³-hybridized carbons (Fsp3) is 0.793. The Morgan fingerprint density at radius 1 is 0.949 bits per heavy atom. The van der Waals surface area contributed by atoms with Crippen LogP contribution in [-0.4, -0.2) is 74.6 Å². The molecule has 5 N–H and O–H groups in total. The van der Waals surface area contributed by atoms with Gasteiger partial charge in [-0.3, -0.25) is 24.5 Å². The van der Waals surface area contributed by atoms with E-state index in [1.165, 1.54) is 0 Å². The number of nitrogens with one attached hydrogen (secondary N) is 3. The third-order valence-electron chi connectivity index (χ3n) is 8.21. The van der Waals surface area contributed by atoms with Gasteiger partial charge in [-0.25, -0.2) is 0 Å². The smallest absolute Gasteiger partial charge is 0.321 e. The van der Waals surface area contributed by atoms with E-state index >= 15 is 0 Å². The molecule has 39 heavy (non-hydrogen) atoms. The maximum absolute atomic E-state index is 13.8. The molecule has 1 amide bonds. The first-order valence-electron chi connectivity index (χ1n) is 14.2. The predicted molar refractivity (Wildman–Crippen MR) is 159 cm³/mol. The van der Waals surface area contributed by atoms with E-state index in [2.05, 4.69) is 22.5 Å². The Hall–Kier alpha value is -1.91. The van der Waals surface area contributed by atoms with Crippen LogP contribution in [0, 0.1) is 5.92 Å². The molecule has 0 aliphatic carbocycles. The summed E-state index contributed by atoms with van der Waals surface area (Å²) in [5, 5.41) is 28.9. The van der Waals surface area contributed by atoms with Gasteiger partial charge in [-0.2, -0.15) is 11.8 Å². The van der Waals surface area contributed by atoms with Gasteiger partial charge in [0, 0.05) is 23.3 Å². The quantitative estimate of drug-likeness (QED) is 0.119. The Labute approximate surface area is 239 Å². The van der Waals surface area contributed by atoms with E-state index in [1.54, 1.807) is 18.7 Å². The van der Waals surface area contributed by atoms with Gasteiger partial charge in [-0.1, -0.05) is 47.1 Å². The molecule has 0 saturated carbocycles. The average molecular weight is 572 g/mol. The van der Waals surface area contributed by atoms with Gasteiger partial charge in [0.05, 0.1) is 18.0 Å². The Kier molecular flexibility index (Phi) is 16.8. The SMILES string of the molecule is C=CC(CC(CC)C(NC(CC)(CC)C(=O)C(C)NC(=O)CC(CC(=O)O)NC(C)(CC)CC)C(=O)O)SC. The zero-order valence-corrected chi connectivity index (χ0v) is 26.1. The molecule has 0 spiro atoms. The van der Waals surface area contributed by atoms with Crippen LogP contribution in [-0.2, 0) is 19.2 Å². The van der Waals surface area contributed by atoms with E-state index in [9.17, 15) is 29.4 Å². The number of ketones is 1. The molecule has 5 unspecified atom stereocenters. The highest BCUT2D eigenvalue weighted by molar-refractivity contribution is 7.99. The van der Waals surface area contributed by atoms with Crippen LogP contribution in [0.15, 0.2) is 12.7 Å². The summed E-state index contributed by atoms with van der Waals surface area (Å²) in [6, 6.07) is -2.42. The lowest BCUT2D eigenvalue weighted by atomic mass is 9.81. The summed E-state index contributed by atoms with van der Waals surface area (Å²) in [4.78, 5) is 50.5. The van der Waals surface area contributed by atoms with Gasteiger partial charge in [0.1, 0.15) is 6.04 Å².